The summed E-state index contributed by atoms with van der Waals surface area (Å²) >= 11 is 0. The Bertz CT molecular complexity index is 292. The molecule has 1 fully saturated rings. The molecule has 0 aliphatic carbocycles. The Morgan fingerprint density at radius 1 is 1.40 bits per heavy atom. The first-order valence-electron chi connectivity index (χ1n) is 5.33. The number of nitrogens with zero attached hydrogens (tertiary/aromatic N) is 1. The van der Waals surface area contributed by atoms with Gasteiger partial charge in [-0.15, -0.1) is 0 Å². The van der Waals surface area contributed by atoms with Gasteiger partial charge in [0.1, 0.15) is 0 Å². The molecule has 0 radical (unpaired) electrons. The van der Waals surface area contributed by atoms with E-state index in [1.165, 1.54) is 4.31 Å². The molecule has 0 aromatic carbocycles. The van der Waals surface area contributed by atoms with Crippen molar-refractivity contribution in [2.75, 3.05) is 19.7 Å². The summed E-state index contributed by atoms with van der Waals surface area (Å²) in [6, 6.07) is 0. The van der Waals surface area contributed by atoms with Gasteiger partial charge in [-0.3, -0.25) is 0 Å². The van der Waals surface area contributed by atoms with Crippen LogP contribution in [0.15, 0.2) is 0 Å². The number of rotatable bonds is 5. The van der Waals surface area contributed by atoms with Gasteiger partial charge < -0.3 is 5.11 Å². The van der Waals surface area contributed by atoms with Gasteiger partial charge in [-0.05, 0) is 26.2 Å². The Balaban J connectivity index is 2.70. The average Bonchev–Trinajstić information content (AvgIpc) is 2.70. The van der Waals surface area contributed by atoms with E-state index in [4.69, 9.17) is 5.11 Å². The topological polar surface area (TPSA) is 69.6 Å². The van der Waals surface area contributed by atoms with Crippen LogP contribution in [0.25, 0.3) is 0 Å². The first-order chi connectivity index (χ1) is 6.93. The maximum absolute atomic E-state index is 11.9. The zero-order valence-electron chi connectivity index (χ0n) is 9.36. The molecule has 1 rings (SSSR count). The van der Waals surface area contributed by atoms with Crippen molar-refractivity contribution in [3.63, 3.8) is 0 Å². The molecular weight excluding hydrogens is 216 g/mol. The van der Waals surface area contributed by atoms with Crippen molar-refractivity contribution in [2.45, 2.75) is 38.6 Å². The molecule has 6 heteroatoms. The lowest BCUT2D eigenvalue weighted by Crippen LogP contribution is -2.53. The van der Waals surface area contributed by atoms with E-state index in [2.05, 4.69) is 4.72 Å². The van der Waals surface area contributed by atoms with Gasteiger partial charge >= 0.3 is 0 Å². The highest BCUT2D eigenvalue weighted by molar-refractivity contribution is 7.87. The van der Waals surface area contributed by atoms with Crippen LogP contribution in [0.5, 0.6) is 0 Å². The molecule has 2 N–H and O–H groups in total. The van der Waals surface area contributed by atoms with Crippen LogP contribution in [0.3, 0.4) is 0 Å². The Kier molecular flexibility index (Phi) is 4.11. The van der Waals surface area contributed by atoms with E-state index in [1.807, 2.05) is 6.92 Å². The van der Waals surface area contributed by atoms with Gasteiger partial charge in [-0.1, -0.05) is 6.92 Å². The highest BCUT2D eigenvalue weighted by Gasteiger charge is 2.32. The Morgan fingerprint density at radius 2 is 1.93 bits per heavy atom. The number of nitrogens with one attached hydrogen (secondary N) is 1. The van der Waals surface area contributed by atoms with E-state index in [9.17, 15) is 8.42 Å². The molecular formula is C9H20N2O3S. The fourth-order valence-electron chi connectivity index (χ4n) is 1.52. The third kappa shape index (κ3) is 3.14. The predicted molar refractivity (Wildman–Crippen MR) is 58.6 cm³/mol. The van der Waals surface area contributed by atoms with Gasteiger partial charge in [0.05, 0.1) is 12.1 Å². The summed E-state index contributed by atoms with van der Waals surface area (Å²) in [5, 5.41) is 9.15. The van der Waals surface area contributed by atoms with Crippen molar-refractivity contribution >= 4 is 10.2 Å². The monoisotopic (exact) mass is 236 g/mol. The molecule has 1 atom stereocenters. The molecule has 1 aliphatic rings. The molecule has 0 aromatic heterocycles. The third-order valence-corrected chi connectivity index (χ3v) is 4.71. The van der Waals surface area contributed by atoms with Crippen LogP contribution in [-0.4, -0.2) is 43.1 Å². The summed E-state index contributed by atoms with van der Waals surface area (Å²) in [6.07, 6.45) is 2.41. The van der Waals surface area contributed by atoms with Crippen molar-refractivity contribution in [3.05, 3.63) is 0 Å². The summed E-state index contributed by atoms with van der Waals surface area (Å²) in [4.78, 5) is 0. The van der Waals surface area contributed by atoms with Gasteiger partial charge in [0.25, 0.3) is 10.2 Å². The molecule has 0 amide bonds. The summed E-state index contributed by atoms with van der Waals surface area (Å²) in [7, 11) is -3.42. The van der Waals surface area contributed by atoms with E-state index >= 15 is 0 Å². The standard InChI is InChI=1S/C9H20N2O3S/c1-3-9(2,8-12)10-15(13,14)11-6-4-5-7-11/h10,12H,3-8H2,1-2H3. The molecule has 90 valence electrons. The van der Waals surface area contributed by atoms with Gasteiger partial charge in [-0.25, -0.2) is 0 Å². The number of hydrogen-bond acceptors (Lipinski definition) is 3. The summed E-state index contributed by atoms with van der Waals surface area (Å²) in [6.45, 7) is 4.54. The Labute approximate surface area is 91.7 Å². The molecule has 1 unspecified atom stereocenters. The fourth-order valence-corrected chi connectivity index (χ4v) is 3.22. The van der Waals surface area contributed by atoms with Crippen molar-refractivity contribution in [2.24, 2.45) is 0 Å². The predicted octanol–water partition coefficient (Wildman–Crippen LogP) is 0.0776. The SMILES string of the molecule is CCC(C)(CO)NS(=O)(=O)N1CCCC1. The van der Waals surface area contributed by atoms with Crippen molar-refractivity contribution in [1.29, 1.82) is 0 Å². The average molecular weight is 236 g/mol. The number of hydrogen-bond donors (Lipinski definition) is 2. The number of aliphatic hydroxyl groups excluding tert-OH is 1. The van der Waals surface area contributed by atoms with Crippen LogP contribution in [0.2, 0.25) is 0 Å². The summed E-state index contributed by atoms with van der Waals surface area (Å²) < 4.78 is 27.7. The minimum absolute atomic E-state index is 0.184. The van der Waals surface area contributed by atoms with Crippen molar-refractivity contribution in [3.8, 4) is 0 Å². The van der Waals surface area contributed by atoms with E-state index in [0.717, 1.165) is 12.8 Å². The lowest BCUT2D eigenvalue weighted by molar-refractivity contribution is 0.188. The maximum atomic E-state index is 11.9. The van der Waals surface area contributed by atoms with Crippen molar-refractivity contribution < 1.29 is 13.5 Å². The van der Waals surface area contributed by atoms with Crippen LogP contribution >= 0.6 is 0 Å². The van der Waals surface area contributed by atoms with Gasteiger partial charge in [0.2, 0.25) is 0 Å². The van der Waals surface area contributed by atoms with Crippen LogP contribution < -0.4 is 4.72 Å². The van der Waals surface area contributed by atoms with Crippen LogP contribution in [0.1, 0.15) is 33.1 Å². The molecule has 1 aliphatic heterocycles. The molecule has 0 bridgehead atoms. The lowest BCUT2D eigenvalue weighted by Gasteiger charge is -2.29. The van der Waals surface area contributed by atoms with E-state index in [0.29, 0.717) is 19.5 Å². The quantitative estimate of drug-likeness (QED) is 0.710. The molecule has 0 aromatic rings. The van der Waals surface area contributed by atoms with E-state index in [-0.39, 0.29) is 6.61 Å². The first-order valence-corrected chi connectivity index (χ1v) is 6.77. The first kappa shape index (κ1) is 12.9. The molecule has 1 heterocycles. The second-order valence-electron chi connectivity index (χ2n) is 4.29. The van der Waals surface area contributed by atoms with Gasteiger partial charge in [-0.2, -0.15) is 17.4 Å². The fraction of sp³-hybridized carbons (Fsp3) is 1.00. The van der Waals surface area contributed by atoms with Crippen LogP contribution in [-0.2, 0) is 10.2 Å². The van der Waals surface area contributed by atoms with Crippen LogP contribution in [0, 0.1) is 0 Å². The second-order valence-corrected chi connectivity index (χ2v) is 5.96. The minimum Gasteiger partial charge on any atom is -0.394 e. The number of aliphatic hydroxyl groups is 1. The third-order valence-electron chi connectivity index (χ3n) is 2.91. The van der Waals surface area contributed by atoms with Crippen LogP contribution in [0.4, 0.5) is 0 Å². The van der Waals surface area contributed by atoms with Gasteiger partial charge in [0.15, 0.2) is 0 Å². The molecule has 1 saturated heterocycles. The largest absolute Gasteiger partial charge is 0.394 e. The zero-order chi connectivity index (χ0) is 11.5. The maximum Gasteiger partial charge on any atom is 0.280 e. The summed E-state index contributed by atoms with van der Waals surface area (Å²) in [5.41, 5.74) is -0.749. The lowest BCUT2D eigenvalue weighted by atomic mass is 10.0. The molecule has 0 saturated carbocycles. The second kappa shape index (κ2) is 4.78. The minimum atomic E-state index is -3.42. The molecule has 5 nitrogen and oxygen atoms in total. The molecule has 15 heavy (non-hydrogen) atoms. The molecule has 0 spiro atoms. The Morgan fingerprint density at radius 3 is 2.33 bits per heavy atom. The normalized spacial score (nSPS) is 22.9. The van der Waals surface area contributed by atoms with E-state index < -0.39 is 15.7 Å². The smallest absolute Gasteiger partial charge is 0.280 e. The van der Waals surface area contributed by atoms with Gasteiger partial charge in [0, 0.05) is 13.1 Å². The zero-order valence-corrected chi connectivity index (χ0v) is 10.2. The van der Waals surface area contributed by atoms with E-state index in [1.54, 1.807) is 6.92 Å². The van der Waals surface area contributed by atoms with Crippen molar-refractivity contribution in [1.82, 2.24) is 9.03 Å². The highest BCUT2D eigenvalue weighted by Crippen LogP contribution is 2.16. The highest BCUT2D eigenvalue weighted by atomic mass is 32.2. The summed E-state index contributed by atoms with van der Waals surface area (Å²) in [5.74, 6) is 0. The Hall–Kier alpha value is -0.170.